The molecule has 0 fully saturated rings. The number of carboxylic acid groups (broad SMARTS) is 3. The summed E-state index contributed by atoms with van der Waals surface area (Å²) >= 11 is 0. The monoisotopic (exact) mass is 679 g/mol. The van der Waals surface area contributed by atoms with Crippen LogP contribution in [0.25, 0.3) is 0 Å². The van der Waals surface area contributed by atoms with Crippen LogP contribution in [-0.2, 0) is 50.2 Å². The van der Waals surface area contributed by atoms with Crippen LogP contribution in [0.4, 0.5) is 0 Å². The maximum Gasteiger partial charge on any atom is 4.00 e. The first kappa shape index (κ1) is 51.4. The summed E-state index contributed by atoms with van der Waals surface area (Å²) in [6.07, 6.45) is 9.70. The summed E-state index contributed by atoms with van der Waals surface area (Å²) in [6.45, 7) is 5.00. The zero-order chi connectivity index (χ0) is 27.3. The molecule has 0 spiro atoms. The number of rotatable bonds is 23. The Morgan fingerprint density at radius 3 is 1.54 bits per heavy atom. The first-order valence-corrected chi connectivity index (χ1v) is 12.7. The van der Waals surface area contributed by atoms with Gasteiger partial charge >= 0.3 is 44.1 Å². The first-order valence-electron chi connectivity index (χ1n) is 12.7. The molecule has 0 aliphatic rings. The quantitative estimate of drug-likeness (QED) is 0.0399. The van der Waals surface area contributed by atoms with E-state index >= 15 is 0 Å². The van der Waals surface area contributed by atoms with Crippen LogP contribution in [-0.4, -0.2) is 82.2 Å². The van der Waals surface area contributed by atoms with Crippen LogP contribution >= 0.6 is 0 Å². The van der Waals surface area contributed by atoms with Crippen LogP contribution in [0, 0.1) is 0 Å². The molecule has 0 aliphatic heterocycles. The molecular formula is C25H43F4N3O8Zr. The minimum atomic E-state index is -1.30. The van der Waals surface area contributed by atoms with E-state index in [4.69, 9.17) is 10.2 Å². The van der Waals surface area contributed by atoms with Crippen molar-refractivity contribution in [1.29, 1.82) is 0 Å². The van der Waals surface area contributed by atoms with Crippen LogP contribution in [0.3, 0.4) is 0 Å². The van der Waals surface area contributed by atoms with Gasteiger partial charge in [-0.1, -0.05) is 45.1 Å². The largest absolute Gasteiger partial charge is 4.00 e. The molecule has 0 aliphatic carbocycles. The van der Waals surface area contributed by atoms with E-state index in [0.29, 0.717) is 37.9 Å². The van der Waals surface area contributed by atoms with Crippen LogP contribution in [0.2, 0.25) is 0 Å². The van der Waals surface area contributed by atoms with Gasteiger partial charge < -0.3 is 44.8 Å². The Kier molecular flexibility index (Phi) is 40.3. The summed E-state index contributed by atoms with van der Waals surface area (Å²) in [5.74, 6) is -4.01. The summed E-state index contributed by atoms with van der Waals surface area (Å²) < 4.78 is 0. The Morgan fingerprint density at radius 1 is 0.683 bits per heavy atom. The number of nitrogens with one attached hydrogen (secondary N) is 2. The van der Waals surface area contributed by atoms with Crippen LogP contribution in [0.5, 0.6) is 0 Å². The fraction of sp³-hybridized carbons (Fsp3) is 0.720. The standard InChI is InChI=1S/C25H43N3O8.4FH.Zr/c1-19(2)24(34)27-16-11-8-6-4-3-5-7-9-14-21(29)26-15-12-10-13-20(25(35)36)28(17-22(30)31)18-23(32)33;;;;;/h20H,1,3-18H2,2H3,(H,26,29)(H,27,34)(H,30,31)(H,32,33)(H,35,36);4*1H;/q;;;;;+4/p-4. The summed E-state index contributed by atoms with van der Waals surface area (Å²) in [5, 5.41) is 32.8. The number of carbonyl (C=O) groups excluding carboxylic acids is 2. The Balaban J connectivity index is -0.000000612. The summed E-state index contributed by atoms with van der Waals surface area (Å²) in [4.78, 5) is 57.5. The molecule has 0 aromatic heterocycles. The molecule has 0 saturated carbocycles. The predicted octanol–water partition coefficient (Wildman–Crippen LogP) is -9.59. The Morgan fingerprint density at radius 2 is 1.10 bits per heavy atom. The van der Waals surface area contributed by atoms with E-state index in [1.165, 1.54) is 0 Å². The van der Waals surface area contributed by atoms with E-state index in [2.05, 4.69) is 17.2 Å². The second-order valence-corrected chi connectivity index (χ2v) is 9.01. The van der Waals surface area contributed by atoms with Gasteiger partial charge in [0.2, 0.25) is 11.8 Å². The molecule has 5 N–H and O–H groups in total. The zero-order valence-electron chi connectivity index (χ0n) is 23.4. The van der Waals surface area contributed by atoms with Crippen molar-refractivity contribution in [2.24, 2.45) is 0 Å². The number of halogens is 4. The number of hydrogen-bond donors (Lipinski definition) is 5. The van der Waals surface area contributed by atoms with E-state index in [-0.39, 0.29) is 63.3 Å². The molecule has 0 aromatic carbocycles. The van der Waals surface area contributed by atoms with Gasteiger partial charge in [-0.2, -0.15) is 0 Å². The van der Waals surface area contributed by atoms with Gasteiger partial charge in [-0.3, -0.25) is 28.9 Å². The number of nitrogens with zero attached hydrogens (tertiary/aromatic N) is 1. The zero-order valence-corrected chi connectivity index (χ0v) is 25.9. The molecule has 16 heteroatoms. The number of hydrogen-bond acceptors (Lipinski definition) is 6. The minimum Gasteiger partial charge on any atom is -1.00 e. The third-order valence-electron chi connectivity index (χ3n) is 5.63. The van der Waals surface area contributed by atoms with Gasteiger partial charge in [0.1, 0.15) is 6.04 Å². The van der Waals surface area contributed by atoms with Crippen molar-refractivity contribution in [3.8, 4) is 0 Å². The van der Waals surface area contributed by atoms with Crippen molar-refractivity contribution < 1.29 is 84.3 Å². The van der Waals surface area contributed by atoms with Gasteiger partial charge in [0.05, 0.1) is 13.1 Å². The SMILES string of the molecule is C=C(C)C(=O)NCCCCCCCCCCC(=O)NCCCCC(C(=O)O)N(CC(=O)O)CC(=O)O.[F-].[F-].[F-].[F-].[Zr+4]. The normalized spacial score (nSPS) is 10.2. The summed E-state index contributed by atoms with van der Waals surface area (Å²) in [6, 6.07) is -1.21. The van der Waals surface area contributed by atoms with Gasteiger partial charge in [-0.05, 0) is 39.0 Å². The molecule has 1 atom stereocenters. The van der Waals surface area contributed by atoms with Gasteiger partial charge in [-0.15, -0.1) is 0 Å². The smallest absolute Gasteiger partial charge is 1.00 e. The van der Waals surface area contributed by atoms with E-state index in [1.807, 2.05) is 0 Å². The van der Waals surface area contributed by atoms with Crippen molar-refractivity contribution >= 4 is 29.7 Å². The van der Waals surface area contributed by atoms with Gasteiger partial charge in [0.25, 0.3) is 0 Å². The Hall–Kier alpha value is -2.35. The average molecular weight is 681 g/mol. The maximum absolute atomic E-state index is 11.9. The number of carboxylic acids is 3. The Bertz CT molecular complexity index is 736. The molecule has 0 radical (unpaired) electrons. The van der Waals surface area contributed by atoms with Crippen molar-refractivity contribution in [3.05, 3.63) is 12.2 Å². The number of amides is 2. The van der Waals surface area contributed by atoms with Crippen molar-refractivity contribution in [3.63, 3.8) is 0 Å². The molecule has 238 valence electrons. The predicted molar refractivity (Wildman–Crippen MR) is 135 cm³/mol. The first-order chi connectivity index (χ1) is 17.0. The van der Waals surface area contributed by atoms with E-state index in [9.17, 15) is 29.1 Å². The Labute approximate surface area is 257 Å². The molecule has 2 amide bonds. The third-order valence-corrected chi connectivity index (χ3v) is 5.63. The molecule has 0 saturated heterocycles. The van der Waals surface area contributed by atoms with E-state index < -0.39 is 37.0 Å². The van der Waals surface area contributed by atoms with Crippen LogP contribution in [0.15, 0.2) is 12.2 Å². The molecule has 1 unspecified atom stereocenters. The van der Waals surface area contributed by atoms with Crippen molar-refractivity contribution in [2.75, 3.05) is 26.2 Å². The number of unbranched alkanes of at least 4 members (excludes halogenated alkanes) is 8. The number of aliphatic carboxylic acids is 3. The molecule has 41 heavy (non-hydrogen) atoms. The second-order valence-electron chi connectivity index (χ2n) is 9.01. The fourth-order valence-corrected chi connectivity index (χ4v) is 3.69. The van der Waals surface area contributed by atoms with Crippen LogP contribution < -0.4 is 29.5 Å². The van der Waals surface area contributed by atoms with Gasteiger partial charge in [-0.25, -0.2) is 0 Å². The molecule has 0 aromatic rings. The topological polar surface area (TPSA) is 173 Å². The number of carbonyl (C=O) groups is 5. The van der Waals surface area contributed by atoms with Crippen molar-refractivity contribution in [2.45, 2.75) is 90.0 Å². The maximum atomic E-state index is 11.9. The van der Waals surface area contributed by atoms with E-state index in [1.54, 1.807) is 6.92 Å². The second kappa shape index (κ2) is 32.2. The minimum absolute atomic E-state index is 0. The summed E-state index contributed by atoms with van der Waals surface area (Å²) in [5.41, 5.74) is 0.522. The molecule has 0 heterocycles. The molecular weight excluding hydrogens is 638 g/mol. The van der Waals surface area contributed by atoms with Gasteiger partial charge in [0.15, 0.2) is 0 Å². The van der Waals surface area contributed by atoms with Gasteiger partial charge in [0, 0.05) is 25.1 Å². The molecule has 11 nitrogen and oxygen atoms in total. The summed E-state index contributed by atoms with van der Waals surface area (Å²) in [7, 11) is 0. The molecule has 0 bridgehead atoms. The fourth-order valence-electron chi connectivity index (χ4n) is 3.69. The molecule has 0 rings (SSSR count). The average Bonchev–Trinajstić information content (AvgIpc) is 2.78. The van der Waals surface area contributed by atoms with Crippen molar-refractivity contribution in [1.82, 2.24) is 15.5 Å². The third kappa shape index (κ3) is 30.4. The van der Waals surface area contributed by atoms with E-state index in [0.717, 1.165) is 56.3 Å². The van der Waals surface area contributed by atoms with Crippen LogP contribution in [0.1, 0.15) is 84.0 Å².